The van der Waals surface area contributed by atoms with Crippen molar-refractivity contribution in [3.8, 4) is 5.75 Å². The van der Waals surface area contributed by atoms with E-state index in [1.165, 1.54) is 13.2 Å². The second-order valence-corrected chi connectivity index (χ2v) is 9.22. The first-order chi connectivity index (χ1) is 13.7. The fourth-order valence-corrected chi connectivity index (χ4v) is 4.54. The van der Waals surface area contributed by atoms with Crippen LogP contribution in [0.25, 0.3) is 11.0 Å². The topological polar surface area (TPSA) is 70.2 Å². The summed E-state index contributed by atoms with van der Waals surface area (Å²) in [5.74, 6) is 1.41. The third-order valence-electron chi connectivity index (χ3n) is 5.68. The maximum Gasteiger partial charge on any atom is 0.234 e. The second-order valence-electron chi connectivity index (χ2n) is 9.22. The Morgan fingerprint density at radius 3 is 2.62 bits per heavy atom. The maximum absolute atomic E-state index is 14.2. The molecular formula is C22H29FN4O2. The fraction of sp³-hybridized carbons (Fsp3) is 0.545. The van der Waals surface area contributed by atoms with Gasteiger partial charge in [0.2, 0.25) is 5.91 Å². The maximum atomic E-state index is 14.2. The number of halogens is 1. The number of H-pyrrole nitrogens is 1. The number of methoxy groups -OCH3 is 1. The quantitative estimate of drug-likeness (QED) is 0.757. The first-order valence-corrected chi connectivity index (χ1v) is 10.2. The Bertz CT molecular complexity index is 930. The van der Waals surface area contributed by atoms with Gasteiger partial charge in [0, 0.05) is 36.2 Å². The zero-order chi connectivity index (χ0) is 20.8. The number of benzene rings is 1. The summed E-state index contributed by atoms with van der Waals surface area (Å²) in [5.41, 5.74) is 0.800. The lowest BCUT2D eigenvalue weighted by Gasteiger charge is -2.39. The van der Waals surface area contributed by atoms with Crippen LogP contribution in [0, 0.1) is 11.7 Å². The summed E-state index contributed by atoms with van der Waals surface area (Å²) < 4.78 is 19.4. The van der Waals surface area contributed by atoms with E-state index in [4.69, 9.17) is 4.74 Å². The van der Waals surface area contributed by atoms with E-state index in [2.05, 4.69) is 32.3 Å². The van der Waals surface area contributed by atoms with Crippen molar-refractivity contribution in [2.45, 2.75) is 57.7 Å². The summed E-state index contributed by atoms with van der Waals surface area (Å²) in [6.45, 7) is 6.41. The second kappa shape index (κ2) is 7.44. The highest BCUT2D eigenvalue weighted by Gasteiger charge is 2.38. The summed E-state index contributed by atoms with van der Waals surface area (Å²) >= 11 is 0. The molecule has 3 heterocycles. The minimum atomic E-state index is -0.372. The summed E-state index contributed by atoms with van der Waals surface area (Å²) in [7, 11) is 1.52. The summed E-state index contributed by atoms with van der Waals surface area (Å²) in [6, 6.07) is 3.67. The van der Waals surface area contributed by atoms with Crippen molar-refractivity contribution in [3.63, 3.8) is 0 Å². The first-order valence-electron chi connectivity index (χ1n) is 10.2. The Labute approximate surface area is 170 Å². The molecule has 29 heavy (non-hydrogen) atoms. The Hall–Kier alpha value is -2.41. The summed E-state index contributed by atoms with van der Waals surface area (Å²) in [6.07, 6.45) is 7.15. The van der Waals surface area contributed by atoms with E-state index in [0.29, 0.717) is 29.2 Å². The van der Waals surface area contributed by atoms with Crippen LogP contribution in [0.2, 0.25) is 0 Å². The van der Waals surface area contributed by atoms with Gasteiger partial charge in [-0.05, 0) is 39.5 Å². The number of imidazole rings is 1. The van der Waals surface area contributed by atoms with Gasteiger partial charge in [0.05, 0.1) is 19.2 Å². The molecule has 1 unspecified atom stereocenters. The number of aromatic nitrogens is 2. The van der Waals surface area contributed by atoms with Gasteiger partial charge < -0.3 is 15.0 Å². The number of piperidine rings is 1. The van der Waals surface area contributed by atoms with Crippen LogP contribution >= 0.6 is 0 Å². The van der Waals surface area contributed by atoms with E-state index in [1.807, 2.05) is 20.8 Å². The van der Waals surface area contributed by atoms with Gasteiger partial charge >= 0.3 is 0 Å². The summed E-state index contributed by atoms with van der Waals surface area (Å²) in [4.78, 5) is 22.4. The van der Waals surface area contributed by atoms with E-state index in [0.717, 1.165) is 25.1 Å². The zero-order valence-corrected chi connectivity index (χ0v) is 17.5. The number of amides is 1. The van der Waals surface area contributed by atoms with Gasteiger partial charge in [-0.3, -0.25) is 9.69 Å². The average Bonchev–Trinajstić information content (AvgIpc) is 3.11. The Balaban J connectivity index is 1.41. The molecule has 1 saturated heterocycles. The monoisotopic (exact) mass is 400 g/mol. The largest absolute Gasteiger partial charge is 0.497 e. The van der Waals surface area contributed by atoms with Crippen molar-refractivity contribution in [1.29, 1.82) is 0 Å². The van der Waals surface area contributed by atoms with E-state index < -0.39 is 0 Å². The Kier molecular flexibility index (Phi) is 5.11. The van der Waals surface area contributed by atoms with Gasteiger partial charge in [-0.25, -0.2) is 9.37 Å². The van der Waals surface area contributed by atoms with E-state index in [1.54, 1.807) is 6.07 Å². The van der Waals surface area contributed by atoms with Crippen molar-refractivity contribution in [2.24, 2.45) is 5.92 Å². The molecule has 2 N–H and O–H groups in total. The third-order valence-corrected chi connectivity index (χ3v) is 5.68. The highest BCUT2D eigenvalue weighted by molar-refractivity contribution is 5.79. The van der Waals surface area contributed by atoms with Crippen molar-refractivity contribution in [2.75, 3.05) is 13.7 Å². The van der Waals surface area contributed by atoms with E-state index >= 15 is 0 Å². The normalized spacial score (nSPS) is 24.2. The van der Waals surface area contributed by atoms with Gasteiger partial charge in [0.1, 0.15) is 17.1 Å². The number of hydrogen-bond donors (Lipinski definition) is 2. The van der Waals surface area contributed by atoms with Crippen LogP contribution in [0.1, 0.15) is 39.4 Å². The number of carbonyl (C=O) groups excluding carboxylic acids is 1. The third kappa shape index (κ3) is 4.29. The number of nitrogens with one attached hydrogen (secondary N) is 2. The minimum absolute atomic E-state index is 0.0661. The molecule has 3 atom stereocenters. The van der Waals surface area contributed by atoms with Crippen molar-refractivity contribution < 1.29 is 13.9 Å². The molecule has 4 rings (SSSR count). The predicted molar refractivity (Wildman–Crippen MR) is 110 cm³/mol. The number of ether oxygens (including phenoxy) is 1. The lowest BCUT2D eigenvalue weighted by Crippen LogP contribution is -2.51. The smallest absolute Gasteiger partial charge is 0.234 e. The average molecular weight is 400 g/mol. The number of nitrogens with zero attached hydrogens (tertiary/aromatic N) is 2. The molecule has 0 aliphatic carbocycles. The van der Waals surface area contributed by atoms with E-state index in [-0.39, 0.29) is 29.3 Å². The van der Waals surface area contributed by atoms with Gasteiger partial charge in [-0.15, -0.1) is 0 Å². The molecule has 2 aliphatic heterocycles. The van der Waals surface area contributed by atoms with Gasteiger partial charge in [-0.1, -0.05) is 12.2 Å². The molecule has 0 spiro atoms. The number of hydrogen-bond acceptors (Lipinski definition) is 4. The Morgan fingerprint density at radius 2 is 2.00 bits per heavy atom. The number of aromatic amines is 1. The molecule has 1 amide bonds. The number of fused-ring (bicyclic) bond motifs is 3. The molecule has 1 aromatic carbocycles. The highest BCUT2D eigenvalue weighted by Crippen LogP contribution is 2.35. The molecule has 1 aromatic heterocycles. The van der Waals surface area contributed by atoms with Gasteiger partial charge in [0.25, 0.3) is 0 Å². The lowest BCUT2D eigenvalue weighted by molar-refractivity contribution is -0.124. The standard InChI is InChI=1S/C22H29FN4O2/c1-22(2,3)26-20(28)12-27-14-5-6-15(27)8-13(7-14)9-19-24-18-11-16(29-4)10-17(23)21(18)25-19/h5-6,10-11,13-15H,7-9,12H2,1-4H3,(H,24,25)(H,26,28)/t13?,14-,15+. The Morgan fingerprint density at radius 1 is 1.31 bits per heavy atom. The first kappa shape index (κ1) is 19.9. The molecule has 2 aliphatic rings. The van der Waals surface area contributed by atoms with Crippen LogP contribution in [0.3, 0.4) is 0 Å². The molecule has 2 bridgehead atoms. The van der Waals surface area contributed by atoms with Crippen LogP contribution < -0.4 is 10.1 Å². The van der Waals surface area contributed by atoms with Crippen molar-refractivity contribution >= 4 is 16.9 Å². The van der Waals surface area contributed by atoms with Crippen LogP contribution in [-0.2, 0) is 11.2 Å². The minimum Gasteiger partial charge on any atom is -0.497 e. The lowest BCUT2D eigenvalue weighted by atomic mass is 9.87. The highest BCUT2D eigenvalue weighted by atomic mass is 19.1. The molecule has 7 heteroatoms. The van der Waals surface area contributed by atoms with Gasteiger partial charge in [0.15, 0.2) is 5.82 Å². The van der Waals surface area contributed by atoms with Crippen LogP contribution in [0.15, 0.2) is 24.3 Å². The van der Waals surface area contributed by atoms with Crippen LogP contribution in [-0.4, -0.2) is 52.1 Å². The molecular weight excluding hydrogens is 371 g/mol. The van der Waals surface area contributed by atoms with E-state index in [9.17, 15) is 9.18 Å². The molecule has 0 saturated carbocycles. The predicted octanol–water partition coefficient (Wildman–Crippen LogP) is 3.19. The SMILES string of the molecule is COc1cc(F)c2nc(CC3C[C@H]4C=C[C@@H](C3)N4CC(=O)NC(C)(C)C)[nH]c2c1. The van der Waals surface area contributed by atoms with Crippen LogP contribution in [0.4, 0.5) is 4.39 Å². The molecule has 6 nitrogen and oxygen atoms in total. The molecule has 156 valence electrons. The molecule has 2 aromatic rings. The van der Waals surface area contributed by atoms with Crippen LogP contribution in [0.5, 0.6) is 5.75 Å². The molecule has 0 radical (unpaired) electrons. The van der Waals surface area contributed by atoms with Gasteiger partial charge in [-0.2, -0.15) is 0 Å². The van der Waals surface area contributed by atoms with Crippen molar-refractivity contribution in [3.05, 3.63) is 35.9 Å². The van der Waals surface area contributed by atoms with Crippen molar-refractivity contribution in [1.82, 2.24) is 20.2 Å². The molecule has 1 fully saturated rings. The zero-order valence-electron chi connectivity index (χ0n) is 17.5. The number of carbonyl (C=O) groups is 1. The number of rotatable bonds is 5. The fourth-order valence-electron chi connectivity index (χ4n) is 4.54. The summed E-state index contributed by atoms with van der Waals surface area (Å²) in [5, 5.41) is 3.05.